The summed E-state index contributed by atoms with van der Waals surface area (Å²) in [7, 11) is 1.91. The van der Waals surface area contributed by atoms with Crippen LogP contribution in [0.5, 0.6) is 0 Å². The molecule has 0 aliphatic rings. The van der Waals surface area contributed by atoms with Crippen LogP contribution >= 0.6 is 23.8 Å². The van der Waals surface area contributed by atoms with Crippen LogP contribution in [0.25, 0.3) is 0 Å². The van der Waals surface area contributed by atoms with Gasteiger partial charge in [-0.15, -0.1) is 0 Å². The van der Waals surface area contributed by atoms with Gasteiger partial charge in [0.05, 0.1) is 23.5 Å². The third-order valence-corrected chi connectivity index (χ3v) is 3.70. The quantitative estimate of drug-likeness (QED) is 0.852. The molecular weight excluding hydrogens is 292 g/mol. The number of hydrogen-bond donors (Lipinski definition) is 1. The summed E-state index contributed by atoms with van der Waals surface area (Å²) in [6.45, 7) is 4.64. The topological polar surface area (TPSA) is 28.4 Å². The van der Waals surface area contributed by atoms with Gasteiger partial charge >= 0.3 is 0 Å². The molecule has 0 aliphatic carbocycles. The molecule has 20 heavy (non-hydrogen) atoms. The molecule has 0 atom stereocenters. The Morgan fingerprint density at radius 2 is 2.15 bits per heavy atom. The van der Waals surface area contributed by atoms with Gasteiger partial charge in [-0.05, 0) is 55.4 Å². The summed E-state index contributed by atoms with van der Waals surface area (Å²) in [4.78, 5) is 1.91. The Morgan fingerprint density at radius 3 is 2.75 bits per heavy atom. The first-order chi connectivity index (χ1) is 9.47. The Bertz CT molecular complexity index is 587. The number of thiocarbonyl (C=S) groups is 1. The third-order valence-electron chi connectivity index (χ3n) is 2.98. The Morgan fingerprint density at radius 1 is 1.40 bits per heavy atom. The number of furan rings is 1. The highest BCUT2D eigenvalue weighted by Gasteiger charge is 2.11. The number of nitrogens with one attached hydrogen (secondary N) is 1. The third kappa shape index (κ3) is 3.52. The van der Waals surface area contributed by atoms with Gasteiger partial charge in [0, 0.05) is 7.05 Å². The summed E-state index contributed by atoms with van der Waals surface area (Å²) in [6, 6.07) is 7.78. The lowest BCUT2D eigenvalue weighted by molar-refractivity contribution is 0.414. The molecule has 0 aliphatic heterocycles. The van der Waals surface area contributed by atoms with Crippen LogP contribution < -0.4 is 5.32 Å². The highest BCUT2D eigenvalue weighted by Crippen LogP contribution is 2.27. The number of nitrogens with zero attached hydrogens (tertiary/aromatic N) is 1. The SMILES string of the molecule is Cc1cc(C)c(NC(=S)N(C)Cc2ccco2)c(Cl)c1. The molecule has 1 heterocycles. The second-order valence-electron chi connectivity index (χ2n) is 4.80. The lowest BCUT2D eigenvalue weighted by atomic mass is 10.1. The Kier molecular flexibility index (Phi) is 4.68. The zero-order valence-electron chi connectivity index (χ0n) is 11.7. The van der Waals surface area contributed by atoms with Crippen LogP contribution in [0.2, 0.25) is 5.02 Å². The lowest BCUT2D eigenvalue weighted by Crippen LogP contribution is -2.30. The van der Waals surface area contributed by atoms with E-state index in [1.54, 1.807) is 6.26 Å². The van der Waals surface area contributed by atoms with Crippen LogP contribution in [0.1, 0.15) is 16.9 Å². The molecule has 0 radical (unpaired) electrons. The molecule has 0 saturated carbocycles. The van der Waals surface area contributed by atoms with E-state index in [9.17, 15) is 0 Å². The van der Waals surface area contributed by atoms with Crippen LogP contribution in [0.15, 0.2) is 34.9 Å². The molecule has 2 rings (SSSR count). The maximum atomic E-state index is 6.27. The normalized spacial score (nSPS) is 10.4. The maximum Gasteiger partial charge on any atom is 0.173 e. The van der Waals surface area contributed by atoms with Crippen molar-refractivity contribution in [1.29, 1.82) is 0 Å². The van der Waals surface area contributed by atoms with Gasteiger partial charge < -0.3 is 14.6 Å². The molecule has 0 bridgehead atoms. The van der Waals surface area contributed by atoms with E-state index < -0.39 is 0 Å². The van der Waals surface area contributed by atoms with Crippen molar-refractivity contribution in [2.24, 2.45) is 0 Å². The molecular formula is C15H17ClN2OS. The molecule has 0 unspecified atom stereocenters. The minimum atomic E-state index is 0.607. The van der Waals surface area contributed by atoms with Crippen LogP contribution in [-0.4, -0.2) is 17.1 Å². The maximum absolute atomic E-state index is 6.27. The predicted molar refractivity (Wildman–Crippen MR) is 87.3 cm³/mol. The van der Waals surface area contributed by atoms with Gasteiger partial charge in [0.25, 0.3) is 0 Å². The van der Waals surface area contributed by atoms with Crippen molar-refractivity contribution in [2.45, 2.75) is 20.4 Å². The number of rotatable bonds is 3. The average molecular weight is 309 g/mol. The van der Waals surface area contributed by atoms with Gasteiger partial charge in [-0.3, -0.25) is 0 Å². The van der Waals surface area contributed by atoms with Crippen LogP contribution in [-0.2, 0) is 6.54 Å². The summed E-state index contributed by atoms with van der Waals surface area (Å²) >= 11 is 11.7. The van der Waals surface area contributed by atoms with Gasteiger partial charge in [-0.1, -0.05) is 17.7 Å². The summed E-state index contributed by atoms with van der Waals surface area (Å²) in [5.41, 5.74) is 3.06. The lowest BCUT2D eigenvalue weighted by Gasteiger charge is -2.21. The molecule has 1 aromatic heterocycles. The zero-order chi connectivity index (χ0) is 14.7. The van der Waals surface area contributed by atoms with Crippen LogP contribution in [0.4, 0.5) is 5.69 Å². The van der Waals surface area contributed by atoms with Crippen molar-refractivity contribution < 1.29 is 4.42 Å². The Labute approximate surface area is 129 Å². The van der Waals surface area contributed by atoms with Crippen LogP contribution in [0, 0.1) is 13.8 Å². The van der Waals surface area contributed by atoms with Gasteiger partial charge in [0.1, 0.15) is 5.76 Å². The molecule has 106 valence electrons. The Hall–Kier alpha value is -1.52. The van der Waals surface area contributed by atoms with Gasteiger partial charge in [-0.25, -0.2) is 0 Å². The molecule has 2 aromatic rings. The fourth-order valence-electron chi connectivity index (χ4n) is 1.98. The van der Waals surface area contributed by atoms with Crippen molar-refractivity contribution in [2.75, 3.05) is 12.4 Å². The van der Waals surface area contributed by atoms with E-state index in [4.69, 9.17) is 28.2 Å². The number of anilines is 1. The molecule has 3 nitrogen and oxygen atoms in total. The number of aryl methyl sites for hydroxylation is 2. The van der Waals surface area contributed by atoms with E-state index >= 15 is 0 Å². The van der Waals surface area contributed by atoms with Gasteiger partial charge in [0.15, 0.2) is 5.11 Å². The van der Waals surface area contributed by atoms with Crippen molar-refractivity contribution in [3.63, 3.8) is 0 Å². The summed E-state index contributed by atoms with van der Waals surface area (Å²) in [5.74, 6) is 0.864. The Balaban J connectivity index is 2.08. The molecule has 5 heteroatoms. The standard InChI is InChI=1S/C15H17ClN2OS/c1-10-7-11(2)14(13(16)8-10)17-15(20)18(3)9-12-5-4-6-19-12/h4-8H,9H2,1-3H3,(H,17,20). The first kappa shape index (κ1) is 14.9. The number of hydrogen-bond acceptors (Lipinski definition) is 2. The molecule has 0 amide bonds. The van der Waals surface area contributed by atoms with Crippen molar-refractivity contribution >= 4 is 34.6 Å². The zero-order valence-corrected chi connectivity index (χ0v) is 13.3. The smallest absolute Gasteiger partial charge is 0.173 e. The first-order valence-corrected chi connectivity index (χ1v) is 7.07. The first-order valence-electron chi connectivity index (χ1n) is 6.28. The van der Waals surface area contributed by atoms with E-state index in [1.165, 1.54) is 0 Å². The predicted octanol–water partition coefficient (Wildman–Crippen LogP) is 4.38. The van der Waals surface area contributed by atoms with E-state index in [0.29, 0.717) is 16.7 Å². The number of benzene rings is 1. The van der Waals surface area contributed by atoms with Crippen molar-refractivity contribution in [3.05, 3.63) is 52.4 Å². The average Bonchev–Trinajstić information content (AvgIpc) is 2.86. The van der Waals surface area contributed by atoms with E-state index in [1.807, 2.05) is 44.0 Å². The minimum absolute atomic E-state index is 0.607. The van der Waals surface area contributed by atoms with E-state index in [2.05, 4.69) is 11.4 Å². The summed E-state index contributed by atoms with van der Waals surface area (Å²) < 4.78 is 5.31. The highest BCUT2D eigenvalue weighted by atomic mass is 35.5. The fraction of sp³-hybridized carbons (Fsp3) is 0.267. The van der Waals surface area contributed by atoms with Crippen molar-refractivity contribution in [1.82, 2.24) is 4.90 Å². The summed E-state index contributed by atoms with van der Waals surface area (Å²) in [6.07, 6.45) is 1.65. The molecule has 1 aromatic carbocycles. The monoisotopic (exact) mass is 308 g/mol. The molecule has 0 saturated heterocycles. The number of halogens is 1. The van der Waals surface area contributed by atoms with E-state index in [-0.39, 0.29) is 0 Å². The molecule has 1 N–H and O–H groups in total. The summed E-state index contributed by atoms with van der Waals surface area (Å²) in [5, 5.41) is 4.49. The minimum Gasteiger partial charge on any atom is -0.467 e. The largest absolute Gasteiger partial charge is 0.467 e. The molecule has 0 spiro atoms. The second kappa shape index (κ2) is 6.29. The molecule has 0 fully saturated rings. The van der Waals surface area contributed by atoms with Crippen LogP contribution in [0.3, 0.4) is 0 Å². The van der Waals surface area contributed by atoms with E-state index in [0.717, 1.165) is 22.6 Å². The van der Waals surface area contributed by atoms with Crippen molar-refractivity contribution in [3.8, 4) is 0 Å². The van der Waals surface area contributed by atoms with Gasteiger partial charge in [-0.2, -0.15) is 0 Å². The fourth-order valence-corrected chi connectivity index (χ4v) is 2.52. The second-order valence-corrected chi connectivity index (χ2v) is 5.60. The highest BCUT2D eigenvalue weighted by molar-refractivity contribution is 7.80. The van der Waals surface area contributed by atoms with Gasteiger partial charge in [0.2, 0.25) is 0 Å².